The largest absolute Gasteiger partial charge is 0.393 e. The molecule has 2 atom stereocenters. The number of hydrogen-bond acceptors (Lipinski definition) is 3. The lowest BCUT2D eigenvalue weighted by Crippen LogP contribution is -2.36. The second-order valence-electron chi connectivity index (χ2n) is 4.43. The van der Waals surface area contributed by atoms with Gasteiger partial charge in [-0.15, -0.1) is 11.3 Å². The van der Waals surface area contributed by atoms with Crippen molar-refractivity contribution in [2.24, 2.45) is 5.92 Å². The fourth-order valence-electron chi connectivity index (χ4n) is 2.17. The lowest BCUT2D eigenvalue weighted by molar-refractivity contribution is 0.0664. The van der Waals surface area contributed by atoms with E-state index in [2.05, 4.69) is 21.2 Å². The van der Waals surface area contributed by atoms with E-state index in [-0.39, 0.29) is 17.9 Å². The molecular weight excluding hydrogens is 302 g/mol. The topological polar surface area (TPSA) is 49.3 Å². The van der Waals surface area contributed by atoms with E-state index in [0.29, 0.717) is 11.4 Å². The van der Waals surface area contributed by atoms with E-state index in [0.717, 1.165) is 29.5 Å². The van der Waals surface area contributed by atoms with Crippen molar-refractivity contribution in [3.8, 4) is 0 Å². The zero-order valence-electron chi connectivity index (χ0n) is 9.49. The molecule has 94 valence electrons. The molecule has 1 aromatic rings. The second kappa shape index (κ2) is 5.98. The maximum atomic E-state index is 11.8. The number of carbonyl (C=O) groups is 1. The summed E-state index contributed by atoms with van der Waals surface area (Å²) < 4.78 is 0.959. The van der Waals surface area contributed by atoms with Gasteiger partial charge in [0.05, 0.1) is 14.8 Å². The van der Waals surface area contributed by atoms with Crippen LogP contribution in [-0.4, -0.2) is 23.7 Å². The van der Waals surface area contributed by atoms with E-state index < -0.39 is 0 Å². The van der Waals surface area contributed by atoms with Gasteiger partial charge in [0.1, 0.15) is 0 Å². The van der Waals surface area contributed by atoms with Crippen LogP contribution < -0.4 is 5.32 Å². The Morgan fingerprint density at radius 1 is 1.47 bits per heavy atom. The molecule has 0 saturated heterocycles. The number of nitrogens with one attached hydrogen (secondary N) is 1. The minimum absolute atomic E-state index is 0.0431. The van der Waals surface area contributed by atoms with Crippen LogP contribution in [0.15, 0.2) is 15.9 Å². The van der Waals surface area contributed by atoms with Gasteiger partial charge in [-0.2, -0.15) is 0 Å². The fraction of sp³-hybridized carbons (Fsp3) is 0.583. The highest BCUT2D eigenvalue weighted by atomic mass is 79.9. The Morgan fingerprint density at radius 2 is 2.24 bits per heavy atom. The number of rotatable bonds is 3. The third-order valence-electron chi connectivity index (χ3n) is 3.19. The highest BCUT2D eigenvalue weighted by molar-refractivity contribution is 9.11. The quantitative estimate of drug-likeness (QED) is 0.900. The van der Waals surface area contributed by atoms with Crippen molar-refractivity contribution in [3.05, 3.63) is 20.8 Å². The minimum Gasteiger partial charge on any atom is -0.393 e. The van der Waals surface area contributed by atoms with Gasteiger partial charge in [0, 0.05) is 12.5 Å². The molecule has 0 radical (unpaired) electrons. The molecule has 17 heavy (non-hydrogen) atoms. The normalized spacial score (nSPS) is 24.6. The number of carbonyl (C=O) groups excluding carboxylic acids is 1. The number of hydrogen-bond donors (Lipinski definition) is 2. The van der Waals surface area contributed by atoms with Gasteiger partial charge in [0.25, 0.3) is 5.91 Å². The Balaban J connectivity index is 1.83. The van der Waals surface area contributed by atoms with Crippen LogP contribution in [0.2, 0.25) is 0 Å². The summed E-state index contributed by atoms with van der Waals surface area (Å²) in [6, 6.07) is 3.68. The predicted molar refractivity (Wildman–Crippen MR) is 72.3 cm³/mol. The molecule has 1 aliphatic carbocycles. The van der Waals surface area contributed by atoms with Gasteiger partial charge in [-0.1, -0.05) is 12.8 Å². The zero-order chi connectivity index (χ0) is 12.3. The maximum Gasteiger partial charge on any atom is 0.261 e. The third-order valence-corrected chi connectivity index (χ3v) is 4.81. The van der Waals surface area contributed by atoms with Crippen LogP contribution in [0.4, 0.5) is 0 Å². The lowest BCUT2D eigenvalue weighted by atomic mass is 9.86. The smallest absolute Gasteiger partial charge is 0.261 e. The van der Waals surface area contributed by atoms with Gasteiger partial charge in [0.2, 0.25) is 0 Å². The molecule has 1 fully saturated rings. The van der Waals surface area contributed by atoms with Gasteiger partial charge < -0.3 is 10.4 Å². The first-order valence-electron chi connectivity index (χ1n) is 5.88. The van der Waals surface area contributed by atoms with Crippen molar-refractivity contribution < 1.29 is 9.90 Å². The molecule has 1 aliphatic rings. The summed E-state index contributed by atoms with van der Waals surface area (Å²) in [7, 11) is 0. The van der Waals surface area contributed by atoms with Crippen molar-refractivity contribution in [1.82, 2.24) is 5.32 Å². The molecule has 1 saturated carbocycles. The number of halogens is 1. The van der Waals surface area contributed by atoms with Crippen LogP contribution in [-0.2, 0) is 0 Å². The molecule has 0 aliphatic heterocycles. The number of aliphatic hydroxyl groups excluding tert-OH is 1. The van der Waals surface area contributed by atoms with Crippen LogP contribution in [0, 0.1) is 5.92 Å². The van der Waals surface area contributed by atoms with Gasteiger partial charge in [0.15, 0.2) is 0 Å². The first-order chi connectivity index (χ1) is 8.16. The Morgan fingerprint density at radius 3 is 2.88 bits per heavy atom. The maximum absolute atomic E-state index is 11.8. The van der Waals surface area contributed by atoms with Crippen molar-refractivity contribution in [3.63, 3.8) is 0 Å². The highest BCUT2D eigenvalue weighted by Gasteiger charge is 2.23. The summed E-state index contributed by atoms with van der Waals surface area (Å²) in [5, 5.41) is 12.7. The molecule has 1 heterocycles. The minimum atomic E-state index is -0.251. The van der Waals surface area contributed by atoms with E-state index >= 15 is 0 Å². The number of amides is 1. The first-order valence-corrected chi connectivity index (χ1v) is 7.49. The fourth-order valence-corrected chi connectivity index (χ4v) is 3.48. The lowest BCUT2D eigenvalue weighted by Gasteiger charge is -2.27. The van der Waals surface area contributed by atoms with E-state index in [9.17, 15) is 9.90 Å². The summed E-state index contributed by atoms with van der Waals surface area (Å²) in [6.07, 6.45) is 3.88. The average Bonchev–Trinajstić information content (AvgIpc) is 2.74. The van der Waals surface area contributed by atoms with Gasteiger partial charge in [-0.25, -0.2) is 0 Å². The second-order valence-corrected chi connectivity index (χ2v) is 6.89. The summed E-state index contributed by atoms with van der Waals surface area (Å²) in [6.45, 7) is 0.579. The molecule has 2 unspecified atom stereocenters. The molecule has 0 spiro atoms. The van der Waals surface area contributed by atoms with E-state index in [1.54, 1.807) is 6.07 Å². The van der Waals surface area contributed by atoms with Gasteiger partial charge in [-0.05, 0) is 40.9 Å². The first kappa shape index (κ1) is 13.1. The molecule has 5 heteroatoms. The molecule has 0 bridgehead atoms. The van der Waals surface area contributed by atoms with Crippen LogP contribution in [0.25, 0.3) is 0 Å². The summed E-state index contributed by atoms with van der Waals surface area (Å²) >= 11 is 4.76. The SMILES string of the molecule is O=C(NCC1CCCCC1O)c1ccc(Br)s1. The van der Waals surface area contributed by atoms with Crippen molar-refractivity contribution in [2.75, 3.05) is 6.54 Å². The Hall–Kier alpha value is -0.390. The molecule has 1 aromatic heterocycles. The van der Waals surface area contributed by atoms with Gasteiger partial charge >= 0.3 is 0 Å². The molecular formula is C12H16BrNO2S. The van der Waals surface area contributed by atoms with Crippen molar-refractivity contribution in [2.45, 2.75) is 31.8 Å². The number of aliphatic hydroxyl groups is 1. The highest BCUT2D eigenvalue weighted by Crippen LogP contribution is 2.24. The van der Waals surface area contributed by atoms with Crippen molar-refractivity contribution in [1.29, 1.82) is 0 Å². The van der Waals surface area contributed by atoms with E-state index in [1.807, 2.05) is 6.07 Å². The van der Waals surface area contributed by atoms with Gasteiger partial charge in [-0.3, -0.25) is 4.79 Å². The molecule has 2 N–H and O–H groups in total. The summed E-state index contributed by atoms with van der Waals surface area (Å²) in [4.78, 5) is 12.5. The Kier molecular flexibility index (Phi) is 4.59. The van der Waals surface area contributed by atoms with Crippen LogP contribution >= 0.6 is 27.3 Å². The number of thiophene rings is 1. The molecule has 2 rings (SSSR count). The summed E-state index contributed by atoms with van der Waals surface area (Å²) in [5.41, 5.74) is 0. The third kappa shape index (κ3) is 3.53. The summed E-state index contributed by atoms with van der Waals surface area (Å²) in [5.74, 6) is 0.176. The standard InChI is InChI=1S/C12H16BrNO2S/c13-11-6-5-10(17-11)12(16)14-7-8-3-1-2-4-9(8)15/h5-6,8-9,15H,1-4,7H2,(H,14,16). The van der Waals surface area contributed by atoms with Crippen LogP contribution in [0.5, 0.6) is 0 Å². The predicted octanol–water partition coefficient (Wildman–Crippen LogP) is 2.79. The van der Waals surface area contributed by atoms with E-state index in [4.69, 9.17) is 0 Å². The molecule has 1 amide bonds. The van der Waals surface area contributed by atoms with E-state index in [1.165, 1.54) is 11.3 Å². The Bertz CT molecular complexity index is 394. The Labute approximate surface area is 113 Å². The molecule has 0 aromatic carbocycles. The zero-order valence-corrected chi connectivity index (χ0v) is 11.9. The monoisotopic (exact) mass is 317 g/mol. The van der Waals surface area contributed by atoms with Crippen LogP contribution in [0.3, 0.4) is 0 Å². The van der Waals surface area contributed by atoms with Crippen LogP contribution in [0.1, 0.15) is 35.4 Å². The van der Waals surface area contributed by atoms with Crippen molar-refractivity contribution >= 4 is 33.2 Å². The average molecular weight is 318 g/mol. The molecule has 3 nitrogen and oxygen atoms in total.